The van der Waals surface area contributed by atoms with Gasteiger partial charge in [-0.25, -0.2) is 4.39 Å². The standard InChI is InChI=1S/C17H16ClFN2O2/c1-11-3-2-4-12(9-11)7-8-20-16(22)17(23)21-15-6-5-13(18)10-14(15)19/h2-6,9-10H,7-8H2,1H3,(H,20,22)(H,21,23). The van der Waals surface area contributed by atoms with Gasteiger partial charge in [0.15, 0.2) is 0 Å². The molecular weight excluding hydrogens is 319 g/mol. The van der Waals surface area contributed by atoms with Gasteiger partial charge in [-0.1, -0.05) is 41.4 Å². The van der Waals surface area contributed by atoms with Crippen molar-refractivity contribution in [2.75, 3.05) is 11.9 Å². The van der Waals surface area contributed by atoms with Gasteiger partial charge in [0.05, 0.1) is 5.69 Å². The second kappa shape index (κ2) is 7.74. The zero-order chi connectivity index (χ0) is 16.8. The van der Waals surface area contributed by atoms with Gasteiger partial charge in [0.2, 0.25) is 0 Å². The molecule has 0 heterocycles. The van der Waals surface area contributed by atoms with Crippen molar-refractivity contribution in [1.29, 1.82) is 0 Å². The Balaban J connectivity index is 1.84. The lowest BCUT2D eigenvalue weighted by Crippen LogP contribution is -2.36. The van der Waals surface area contributed by atoms with Crippen molar-refractivity contribution in [2.24, 2.45) is 0 Å². The van der Waals surface area contributed by atoms with Gasteiger partial charge in [0.1, 0.15) is 5.82 Å². The number of aryl methyl sites for hydroxylation is 1. The molecule has 4 nitrogen and oxygen atoms in total. The normalized spacial score (nSPS) is 10.2. The Kier molecular flexibility index (Phi) is 5.71. The molecule has 120 valence electrons. The molecule has 0 aliphatic carbocycles. The van der Waals surface area contributed by atoms with Crippen LogP contribution in [-0.2, 0) is 16.0 Å². The minimum absolute atomic E-state index is 0.0896. The fourth-order valence-electron chi connectivity index (χ4n) is 2.04. The van der Waals surface area contributed by atoms with E-state index in [1.54, 1.807) is 0 Å². The smallest absolute Gasteiger partial charge is 0.313 e. The molecule has 2 aromatic carbocycles. The van der Waals surface area contributed by atoms with Gasteiger partial charge in [0, 0.05) is 11.6 Å². The Morgan fingerprint density at radius 2 is 1.91 bits per heavy atom. The molecule has 2 N–H and O–H groups in total. The maximum Gasteiger partial charge on any atom is 0.313 e. The van der Waals surface area contributed by atoms with E-state index in [9.17, 15) is 14.0 Å². The van der Waals surface area contributed by atoms with E-state index in [2.05, 4.69) is 10.6 Å². The van der Waals surface area contributed by atoms with Gasteiger partial charge in [-0.2, -0.15) is 0 Å². The quantitative estimate of drug-likeness (QED) is 0.844. The van der Waals surface area contributed by atoms with E-state index in [0.29, 0.717) is 13.0 Å². The van der Waals surface area contributed by atoms with Crippen LogP contribution in [0.2, 0.25) is 5.02 Å². The summed E-state index contributed by atoms with van der Waals surface area (Å²) in [5.41, 5.74) is 2.10. The number of nitrogens with one attached hydrogen (secondary N) is 2. The average Bonchev–Trinajstić information content (AvgIpc) is 2.50. The summed E-state index contributed by atoms with van der Waals surface area (Å²) in [7, 11) is 0. The summed E-state index contributed by atoms with van der Waals surface area (Å²) < 4.78 is 13.6. The fourth-order valence-corrected chi connectivity index (χ4v) is 2.20. The van der Waals surface area contributed by atoms with Crippen LogP contribution in [0, 0.1) is 12.7 Å². The Bertz CT molecular complexity index is 734. The molecule has 0 spiro atoms. The largest absolute Gasteiger partial charge is 0.347 e. The van der Waals surface area contributed by atoms with E-state index in [1.165, 1.54) is 12.1 Å². The van der Waals surface area contributed by atoms with Gasteiger partial charge in [0.25, 0.3) is 0 Å². The summed E-state index contributed by atoms with van der Waals surface area (Å²) in [6.45, 7) is 2.30. The lowest BCUT2D eigenvalue weighted by atomic mass is 10.1. The van der Waals surface area contributed by atoms with Crippen molar-refractivity contribution < 1.29 is 14.0 Å². The molecule has 0 saturated carbocycles. The van der Waals surface area contributed by atoms with E-state index in [4.69, 9.17) is 11.6 Å². The zero-order valence-corrected chi connectivity index (χ0v) is 13.3. The van der Waals surface area contributed by atoms with Gasteiger partial charge in [-0.05, 0) is 37.1 Å². The third-order valence-corrected chi connectivity index (χ3v) is 3.40. The maximum atomic E-state index is 13.6. The van der Waals surface area contributed by atoms with Crippen LogP contribution in [-0.4, -0.2) is 18.4 Å². The minimum Gasteiger partial charge on any atom is -0.347 e. The van der Waals surface area contributed by atoms with Crippen LogP contribution < -0.4 is 10.6 Å². The number of rotatable bonds is 4. The first-order valence-corrected chi connectivity index (χ1v) is 7.43. The predicted octanol–water partition coefficient (Wildman–Crippen LogP) is 3.08. The summed E-state index contributed by atoms with van der Waals surface area (Å²) in [4.78, 5) is 23.4. The predicted molar refractivity (Wildman–Crippen MR) is 87.9 cm³/mol. The van der Waals surface area contributed by atoms with E-state index in [1.807, 2.05) is 31.2 Å². The monoisotopic (exact) mass is 334 g/mol. The van der Waals surface area contributed by atoms with E-state index in [-0.39, 0.29) is 10.7 Å². The molecule has 2 aromatic rings. The highest BCUT2D eigenvalue weighted by molar-refractivity contribution is 6.39. The van der Waals surface area contributed by atoms with E-state index in [0.717, 1.165) is 17.2 Å². The van der Waals surface area contributed by atoms with Crippen molar-refractivity contribution in [3.05, 3.63) is 64.4 Å². The van der Waals surface area contributed by atoms with Crippen LogP contribution in [0.1, 0.15) is 11.1 Å². The summed E-state index contributed by atoms with van der Waals surface area (Å²) >= 11 is 5.62. The van der Waals surface area contributed by atoms with Crippen LogP contribution in [0.25, 0.3) is 0 Å². The highest BCUT2D eigenvalue weighted by Gasteiger charge is 2.15. The third-order valence-electron chi connectivity index (χ3n) is 3.17. The first-order valence-electron chi connectivity index (χ1n) is 7.05. The third kappa shape index (κ3) is 5.07. The van der Waals surface area contributed by atoms with Crippen LogP contribution in [0.15, 0.2) is 42.5 Å². The maximum absolute atomic E-state index is 13.6. The first kappa shape index (κ1) is 17.0. The lowest BCUT2D eigenvalue weighted by molar-refractivity contribution is -0.136. The van der Waals surface area contributed by atoms with Crippen molar-refractivity contribution in [1.82, 2.24) is 5.32 Å². The van der Waals surface area contributed by atoms with Crippen molar-refractivity contribution >= 4 is 29.1 Å². The summed E-state index contributed by atoms with van der Waals surface area (Å²) in [5.74, 6) is -2.43. The molecule has 0 fully saturated rings. The Labute approximate surface area is 138 Å². The molecule has 0 atom stereocenters. The molecule has 0 unspecified atom stereocenters. The molecule has 6 heteroatoms. The number of carbonyl (C=O) groups is 2. The molecule has 0 aliphatic heterocycles. The average molecular weight is 335 g/mol. The number of halogens is 2. The Hall–Kier alpha value is -2.40. The van der Waals surface area contributed by atoms with Crippen LogP contribution in [0.5, 0.6) is 0 Å². The minimum atomic E-state index is -0.921. The zero-order valence-electron chi connectivity index (χ0n) is 12.5. The molecular formula is C17H16ClFN2O2. The molecule has 2 amide bonds. The summed E-state index contributed by atoms with van der Waals surface area (Å²) in [5, 5.41) is 4.92. The van der Waals surface area contributed by atoms with Crippen LogP contribution in [0.4, 0.5) is 10.1 Å². The van der Waals surface area contributed by atoms with Gasteiger partial charge in [-0.3, -0.25) is 9.59 Å². The van der Waals surface area contributed by atoms with Gasteiger partial charge in [-0.15, -0.1) is 0 Å². The topological polar surface area (TPSA) is 58.2 Å². The molecule has 0 bridgehead atoms. The van der Waals surface area contributed by atoms with Crippen molar-refractivity contribution in [2.45, 2.75) is 13.3 Å². The number of carbonyl (C=O) groups excluding carboxylic acids is 2. The first-order chi connectivity index (χ1) is 11.0. The lowest BCUT2D eigenvalue weighted by Gasteiger charge is -2.08. The number of hydrogen-bond donors (Lipinski definition) is 2. The highest BCUT2D eigenvalue weighted by Crippen LogP contribution is 2.18. The van der Waals surface area contributed by atoms with Gasteiger partial charge < -0.3 is 10.6 Å². The second-order valence-corrected chi connectivity index (χ2v) is 5.51. The molecule has 0 aliphatic rings. The fraction of sp³-hybridized carbons (Fsp3) is 0.176. The number of anilines is 1. The van der Waals surface area contributed by atoms with E-state index >= 15 is 0 Å². The van der Waals surface area contributed by atoms with Gasteiger partial charge >= 0.3 is 11.8 Å². The SMILES string of the molecule is Cc1cccc(CCNC(=O)C(=O)Nc2ccc(Cl)cc2F)c1. The highest BCUT2D eigenvalue weighted by atomic mass is 35.5. The number of hydrogen-bond acceptors (Lipinski definition) is 2. The molecule has 0 aromatic heterocycles. The van der Waals surface area contributed by atoms with Crippen molar-refractivity contribution in [3.8, 4) is 0 Å². The Morgan fingerprint density at radius 3 is 2.61 bits per heavy atom. The summed E-state index contributed by atoms with van der Waals surface area (Å²) in [6.07, 6.45) is 0.607. The van der Waals surface area contributed by atoms with Crippen LogP contribution in [0.3, 0.4) is 0 Å². The summed E-state index contributed by atoms with van der Waals surface area (Å²) in [6, 6.07) is 11.7. The molecule has 2 rings (SSSR count). The molecule has 0 radical (unpaired) electrons. The molecule has 0 saturated heterocycles. The second-order valence-electron chi connectivity index (χ2n) is 5.07. The van der Waals surface area contributed by atoms with E-state index < -0.39 is 17.6 Å². The number of benzene rings is 2. The van der Waals surface area contributed by atoms with Crippen LogP contribution >= 0.6 is 11.6 Å². The number of amides is 2. The van der Waals surface area contributed by atoms with Crippen molar-refractivity contribution in [3.63, 3.8) is 0 Å². The Morgan fingerprint density at radius 1 is 1.13 bits per heavy atom. The molecule has 23 heavy (non-hydrogen) atoms.